The summed E-state index contributed by atoms with van der Waals surface area (Å²) < 4.78 is 16.0. The zero-order valence-corrected chi connectivity index (χ0v) is 14.7. The summed E-state index contributed by atoms with van der Waals surface area (Å²) in [5.74, 6) is -1.79. The predicted molar refractivity (Wildman–Crippen MR) is 95.2 cm³/mol. The first-order valence-corrected chi connectivity index (χ1v) is 8.31. The Morgan fingerprint density at radius 1 is 1.26 bits per heavy atom. The van der Waals surface area contributed by atoms with E-state index in [9.17, 15) is 14.0 Å². The van der Waals surface area contributed by atoms with Crippen LogP contribution < -0.4 is 5.32 Å². The number of amides is 1. The normalized spacial score (nSPS) is 10.7. The molecule has 3 aromatic rings. The fourth-order valence-electron chi connectivity index (χ4n) is 2.38. The van der Waals surface area contributed by atoms with Crippen LogP contribution in [-0.2, 0) is 17.9 Å². The Morgan fingerprint density at radius 3 is 2.78 bits per heavy atom. The highest BCUT2D eigenvalue weighted by Gasteiger charge is 2.10. The molecule has 0 aliphatic carbocycles. The second-order valence-electron chi connectivity index (χ2n) is 5.73. The molecule has 0 saturated heterocycles. The fourth-order valence-corrected chi connectivity index (χ4v) is 2.61. The number of carbonyl (C=O) groups excluding carboxylic acids is 1. The maximum absolute atomic E-state index is 13.1. The molecule has 3 rings (SSSR count). The SMILES string of the molecule is O=C(CCn1ccc(C(=O)O)n1)Nc1cnn(Cc2ccc(F)cc2Cl)c1. The van der Waals surface area contributed by atoms with Gasteiger partial charge in [0.2, 0.25) is 5.91 Å². The highest BCUT2D eigenvalue weighted by atomic mass is 35.5. The number of carboxylic acid groups (broad SMARTS) is 1. The first-order valence-electron chi connectivity index (χ1n) is 7.93. The largest absolute Gasteiger partial charge is 0.476 e. The van der Waals surface area contributed by atoms with Crippen LogP contribution in [0, 0.1) is 5.82 Å². The second kappa shape index (κ2) is 8.00. The van der Waals surface area contributed by atoms with Crippen molar-refractivity contribution in [1.82, 2.24) is 19.6 Å². The molecule has 0 bridgehead atoms. The lowest BCUT2D eigenvalue weighted by molar-refractivity contribution is -0.116. The number of halogens is 2. The smallest absolute Gasteiger partial charge is 0.356 e. The molecule has 1 amide bonds. The van der Waals surface area contributed by atoms with Crippen LogP contribution in [0.15, 0.2) is 42.9 Å². The van der Waals surface area contributed by atoms with Gasteiger partial charge < -0.3 is 10.4 Å². The number of nitrogens with zero attached hydrogens (tertiary/aromatic N) is 4. The molecule has 2 heterocycles. The van der Waals surface area contributed by atoms with Gasteiger partial charge in [0, 0.05) is 30.4 Å². The van der Waals surface area contributed by atoms with Crippen molar-refractivity contribution in [2.75, 3.05) is 5.32 Å². The number of hydrogen-bond donors (Lipinski definition) is 2. The predicted octanol–water partition coefficient (Wildman–Crippen LogP) is 2.65. The first kappa shape index (κ1) is 18.6. The van der Waals surface area contributed by atoms with E-state index in [-0.39, 0.29) is 24.6 Å². The lowest BCUT2D eigenvalue weighted by Crippen LogP contribution is -2.14. The van der Waals surface area contributed by atoms with E-state index >= 15 is 0 Å². The number of anilines is 1. The van der Waals surface area contributed by atoms with Crippen LogP contribution in [0.25, 0.3) is 0 Å². The summed E-state index contributed by atoms with van der Waals surface area (Å²) in [6.45, 7) is 0.582. The number of aryl methyl sites for hydroxylation is 1. The maximum Gasteiger partial charge on any atom is 0.356 e. The van der Waals surface area contributed by atoms with Gasteiger partial charge in [-0.2, -0.15) is 10.2 Å². The number of benzene rings is 1. The van der Waals surface area contributed by atoms with Crippen LogP contribution in [0.5, 0.6) is 0 Å². The third-order valence-electron chi connectivity index (χ3n) is 3.69. The molecule has 0 atom stereocenters. The van der Waals surface area contributed by atoms with Crippen molar-refractivity contribution < 1.29 is 19.1 Å². The molecule has 2 N–H and O–H groups in total. The number of hydrogen-bond acceptors (Lipinski definition) is 4. The third-order valence-corrected chi connectivity index (χ3v) is 4.04. The molecule has 1 aromatic carbocycles. The van der Waals surface area contributed by atoms with Gasteiger partial charge in [-0.15, -0.1) is 0 Å². The minimum Gasteiger partial charge on any atom is -0.476 e. The molecule has 0 spiro atoms. The van der Waals surface area contributed by atoms with Crippen molar-refractivity contribution in [3.63, 3.8) is 0 Å². The third kappa shape index (κ3) is 4.91. The van der Waals surface area contributed by atoms with Gasteiger partial charge in [-0.3, -0.25) is 14.2 Å². The molecule has 2 aromatic heterocycles. The highest BCUT2D eigenvalue weighted by molar-refractivity contribution is 6.31. The molecule has 0 fully saturated rings. The number of aromatic nitrogens is 4. The van der Waals surface area contributed by atoms with E-state index in [1.54, 1.807) is 16.9 Å². The Morgan fingerprint density at radius 2 is 2.07 bits per heavy atom. The van der Waals surface area contributed by atoms with Crippen molar-refractivity contribution >= 4 is 29.2 Å². The van der Waals surface area contributed by atoms with Crippen LogP contribution >= 0.6 is 11.6 Å². The van der Waals surface area contributed by atoms with E-state index in [0.29, 0.717) is 22.8 Å². The number of carboxylic acids is 1. The zero-order chi connectivity index (χ0) is 19.4. The van der Waals surface area contributed by atoms with E-state index in [1.165, 1.54) is 35.3 Å². The van der Waals surface area contributed by atoms with E-state index in [0.717, 1.165) is 0 Å². The van der Waals surface area contributed by atoms with E-state index in [2.05, 4.69) is 15.5 Å². The van der Waals surface area contributed by atoms with Gasteiger partial charge >= 0.3 is 5.97 Å². The average Bonchev–Trinajstić information content (AvgIpc) is 3.25. The zero-order valence-electron chi connectivity index (χ0n) is 14.0. The van der Waals surface area contributed by atoms with Gasteiger partial charge in [0.15, 0.2) is 5.69 Å². The molecule has 0 saturated carbocycles. The lowest BCUT2D eigenvalue weighted by Gasteiger charge is -2.05. The minimum atomic E-state index is -1.12. The van der Waals surface area contributed by atoms with Gasteiger partial charge in [0.25, 0.3) is 0 Å². The Balaban J connectivity index is 1.53. The maximum atomic E-state index is 13.1. The molecule has 0 unspecified atom stereocenters. The summed E-state index contributed by atoms with van der Waals surface area (Å²) >= 11 is 6.00. The summed E-state index contributed by atoms with van der Waals surface area (Å²) in [6.07, 6.45) is 4.75. The van der Waals surface area contributed by atoms with E-state index < -0.39 is 11.8 Å². The number of carbonyl (C=O) groups is 2. The van der Waals surface area contributed by atoms with Crippen molar-refractivity contribution in [3.05, 3.63) is 65.0 Å². The summed E-state index contributed by atoms with van der Waals surface area (Å²) in [7, 11) is 0. The van der Waals surface area contributed by atoms with Gasteiger partial charge in [0.1, 0.15) is 5.82 Å². The molecule has 10 heteroatoms. The summed E-state index contributed by atoms with van der Waals surface area (Å²) in [4.78, 5) is 22.8. The van der Waals surface area contributed by atoms with Crippen LogP contribution in [0.2, 0.25) is 5.02 Å². The first-order chi connectivity index (χ1) is 12.9. The lowest BCUT2D eigenvalue weighted by atomic mass is 10.2. The summed E-state index contributed by atoms with van der Waals surface area (Å²) in [5, 5.41) is 19.8. The standard InChI is InChI=1S/C17H15ClFN5O3/c18-14-7-12(19)2-1-11(14)9-24-10-13(8-20-24)21-16(25)4-6-23-5-3-15(22-23)17(26)27/h1-3,5,7-8,10H,4,6,9H2,(H,21,25)(H,26,27). The number of nitrogens with one attached hydrogen (secondary N) is 1. The van der Waals surface area contributed by atoms with Crippen molar-refractivity contribution in [2.24, 2.45) is 0 Å². The molecule has 140 valence electrons. The van der Waals surface area contributed by atoms with E-state index in [1.807, 2.05) is 0 Å². The van der Waals surface area contributed by atoms with Crippen LogP contribution in [0.3, 0.4) is 0 Å². The fraction of sp³-hybridized carbons (Fsp3) is 0.176. The average molecular weight is 392 g/mol. The van der Waals surface area contributed by atoms with E-state index in [4.69, 9.17) is 16.7 Å². The molecule has 0 radical (unpaired) electrons. The van der Waals surface area contributed by atoms with Crippen molar-refractivity contribution in [2.45, 2.75) is 19.5 Å². The van der Waals surface area contributed by atoms with Gasteiger partial charge in [-0.05, 0) is 23.8 Å². The molecule has 27 heavy (non-hydrogen) atoms. The van der Waals surface area contributed by atoms with Crippen LogP contribution in [0.4, 0.5) is 10.1 Å². The molecular formula is C17H15ClFN5O3. The second-order valence-corrected chi connectivity index (χ2v) is 6.14. The molecular weight excluding hydrogens is 377 g/mol. The molecule has 0 aliphatic heterocycles. The number of rotatable bonds is 7. The quantitative estimate of drug-likeness (QED) is 0.644. The Kier molecular flexibility index (Phi) is 5.51. The Labute approximate surface area is 158 Å². The van der Waals surface area contributed by atoms with Crippen LogP contribution in [-0.4, -0.2) is 36.5 Å². The summed E-state index contributed by atoms with van der Waals surface area (Å²) in [6, 6.07) is 5.49. The van der Waals surface area contributed by atoms with Crippen molar-refractivity contribution in [3.8, 4) is 0 Å². The number of aromatic carboxylic acids is 1. The van der Waals surface area contributed by atoms with Gasteiger partial charge in [-0.25, -0.2) is 9.18 Å². The monoisotopic (exact) mass is 391 g/mol. The highest BCUT2D eigenvalue weighted by Crippen LogP contribution is 2.18. The summed E-state index contributed by atoms with van der Waals surface area (Å²) in [5.41, 5.74) is 1.13. The minimum absolute atomic E-state index is 0.0730. The Bertz CT molecular complexity index is 985. The van der Waals surface area contributed by atoms with Crippen molar-refractivity contribution in [1.29, 1.82) is 0 Å². The van der Waals surface area contributed by atoms with Crippen LogP contribution in [0.1, 0.15) is 22.5 Å². The molecule has 0 aliphatic rings. The van der Waals surface area contributed by atoms with Gasteiger partial charge in [-0.1, -0.05) is 17.7 Å². The Hall–Kier alpha value is -3.20. The van der Waals surface area contributed by atoms with Gasteiger partial charge in [0.05, 0.1) is 18.4 Å². The molecule has 8 nitrogen and oxygen atoms in total. The topological polar surface area (TPSA) is 102 Å².